The molecule has 3 rings (SSSR count). The molecule has 1 aliphatic rings. The van der Waals surface area contributed by atoms with Crippen molar-refractivity contribution in [3.8, 4) is 5.88 Å². The van der Waals surface area contributed by atoms with E-state index < -0.39 is 10.7 Å². The highest BCUT2D eigenvalue weighted by Crippen LogP contribution is 2.35. The summed E-state index contributed by atoms with van der Waals surface area (Å²) in [6, 6.07) is 5.89. The lowest BCUT2D eigenvalue weighted by molar-refractivity contribution is -0.385. The summed E-state index contributed by atoms with van der Waals surface area (Å²) < 4.78 is 19.5. The number of benzene rings is 1. The molecule has 0 radical (unpaired) electrons. The van der Waals surface area contributed by atoms with E-state index in [1.165, 1.54) is 24.5 Å². The van der Waals surface area contributed by atoms with Gasteiger partial charge in [-0.1, -0.05) is 18.6 Å². The van der Waals surface area contributed by atoms with E-state index in [1.807, 2.05) is 0 Å². The second-order valence-corrected chi connectivity index (χ2v) is 5.62. The Morgan fingerprint density at radius 2 is 1.96 bits per heavy atom. The van der Waals surface area contributed by atoms with Crippen LogP contribution in [0.5, 0.6) is 5.88 Å². The maximum atomic E-state index is 13.8. The first-order valence-corrected chi connectivity index (χ1v) is 7.83. The summed E-state index contributed by atoms with van der Waals surface area (Å²) in [4.78, 5) is 18.7. The van der Waals surface area contributed by atoms with Gasteiger partial charge in [0.15, 0.2) is 0 Å². The molecular formula is C16H17FN4O3. The van der Waals surface area contributed by atoms with E-state index in [9.17, 15) is 14.5 Å². The Kier molecular flexibility index (Phi) is 4.83. The Labute approximate surface area is 138 Å². The Morgan fingerprint density at radius 1 is 1.21 bits per heavy atom. The largest absolute Gasteiger partial charge is 0.469 e. The van der Waals surface area contributed by atoms with E-state index in [-0.39, 0.29) is 29.2 Å². The predicted octanol–water partition coefficient (Wildman–Crippen LogP) is 3.98. The van der Waals surface area contributed by atoms with Crippen molar-refractivity contribution in [1.29, 1.82) is 0 Å². The van der Waals surface area contributed by atoms with Crippen LogP contribution in [-0.4, -0.2) is 21.0 Å². The molecule has 0 saturated heterocycles. The molecule has 24 heavy (non-hydrogen) atoms. The molecule has 0 bridgehead atoms. The normalized spacial score (nSPS) is 15.0. The monoisotopic (exact) mass is 332 g/mol. The average Bonchev–Trinajstić information content (AvgIpc) is 2.58. The molecule has 1 fully saturated rings. The zero-order valence-corrected chi connectivity index (χ0v) is 12.9. The molecule has 1 saturated carbocycles. The maximum absolute atomic E-state index is 13.8. The quantitative estimate of drug-likeness (QED) is 0.658. The number of aromatic nitrogens is 2. The third kappa shape index (κ3) is 3.58. The summed E-state index contributed by atoms with van der Waals surface area (Å²) in [5, 5.41) is 14.1. The molecule has 7 nitrogen and oxygen atoms in total. The molecular weight excluding hydrogens is 315 g/mol. The summed E-state index contributed by atoms with van der Waals surface area (Å²) in [7, 11) is 0. The Bertz CT molecular complexity index is 735. The second kappa shape index (κ2) is 7.20. The van der Waals surface area contributed by atoms with Crippen LogP contribution in [0.1, 0.15) is 32.1 Å². The van der Waals surface area contributed by atoms with Crippen molar-refractivity contribution < 1.29 is 14.1 Å². The topological polar surface area (TPSA) is 90.2 Å². The second-order valence-electron chi connectivity index (χ2n) is 5.62. The van der Waals surface area contributed by atoms with Crippen molar-refractivity contribution >= 4 is 17.2 Å². The van der Waals surface area contributed by atoms with Gasteiger partial charge in [-0.3, -0.25) is 10.1 Å². The molecule has 1 N–H and O–H groups in total. The number of nitrogens with zero attached hydrogens (tertiary/aromatic N) is 3. The number of rotatable bonds is 5. The lowest BCUT2D eigenvalue weighted by Gasteiger charge is -2.22. The molecule has 0 amide bonds. The van der Waals surface area contributed by atoms with Gasteiger partial charge in [0.25, 0.3) is 5.88 Å². The van der Waals surface area contributed by atoms with E-state index in [0.717, 1.165) is 32.1 Å². The highest BCUT2D eigenvalue weighted by molar-refractivity contribution is 5.68. The summed E-state index contributed by atoms with van der Waals surface area (Å²) in [5.41, 5.74) is -0.283. The van der Waals surface area contributed by atoms with Gasteiger partial charge in [0, 0.05) is 0 Å². The number of hydrogen-bond acceptors (Lipinski definition) is 6. The molecule has 0 aliphatic heterocycles. The first-order chi connectivity index (χ1) is 11.6. The fourth-order valence-electron chi connectivity index (χ4n) is 2.74. The Morgan fingerprint density at radius 3 is 2.67 bits per heavy atom. The first kappa shape index (κ1) is 16.1. The van der Waals surface area contributed by atoms with Crippen LogP contribution in [0.25, 0.3) is 0 Å². The summed E-state index contributed by atoms with van der Waals surface area (Å²) >= 11 is 0. The maximum Gasteiger partial charge on any atom is 0.373 e. The first-order valence-electron chi connectivity index (χ1n) is 7.83. The van der Waals surface area contributed by atoms with E-state index in [1.54, 1.807) is 6.07 Å². The minimum absolute atomic E-state index is 0.0826. The number of nitro groups is 1. The number of hydrogen-bond donors (Lipinski definition) is 1. The lowest BCUT2D eigenvalue weighted by atomic mass is 9.98. The highest BCUT2D eigenvalue weighted by atomic mass is 19.1. The van der Waals surface area contributed by atoms with Crippen LogP contribution in [0.15, 0.2) is 30.6 Å². The zero-order chi connectivity index (χ0) is 16.9. The Balaban J connectivity index is 1.90. The van der Waals surface area contributed by atoms with Gasteiger partial charge in [0.2, 0.25) is 5.82 Å². The Hall–Kier alpha value is -2.77. The fourth-order valence-corrected chi connectivity index (χ4v) is 2.74. The highest BCUT2D eigenvalue weighted by Gasteiger charge is 2.27. The summed E-state index contributed by atoms with van der Waals surface area (Å²) in [5.74, 6) is -0.702. The van der Waals surface area contributed by atoms with Crippen molar-refractivity contribution in [2.24, 2.45) is 0 Å². The van der Waals surface area contributed by atoms with Crippen LogP contribution in [-0.2, 0) is 0 Å². The SMILES string of the molecule is O=[N+]([O-])c1c(Nc2ccccc2F)ncnc1OC1CCCCC1. The van der Waals surface area contributed by atoms with Gasteiger partial charge < -0.3 is 10.1 Å². The van der Waals surface area contributed by atoms with Crippen molar-refractivity contribution in [1.82, 2.24) is 9.97 Å². The number of nitrogens with one attached hydrogen (secondary N) is 1. The molecule has 8 heteroatoms. The predicted molar refractivity (Wildman–Crippen MR) is 85.9 cm³/mol. The van der Waals surface area contributed by atoms with E-state index >= 15 is 0 Å². The fraction of sp³-hybridized carbons (Fsp3) is 0.375. The minimum Gasteiger partial charge on any atom is -0.469 e. The van der Waals surface area contributed by atoms with Crippen molar-refractivity contribution in [3.05, 3.63) is 46.5 Å². The molecule has 0 atom stereocenters. The van der Waals surface area contributed by atoms with Crippen molar-refractivity contribution in [2.75, 3.05) is 5.32 Å². The molecule has 0 unspecified atom stereocenters. The number of ether oxygens (including phenoxy) is 1. The smallest absolute Gasteiger partial charge is 0.373 e. The van der Waals surface area contributed by atoms with Crippen LogP contribution < -0.4 is 10.1 Å². The van der Waals surface area contributed by atoms with Crippen LogP contribution in [0.4, 0.5) is 21.6 Å². The summed E-state index contributed by atoms with van der Waals surface area (Å²) in [6.45, 7) is 0. The van der Waals surface area contributed by atoms with E-state index in [4.69, 9.17) is 4.74 Å². The zero-order valence-electron chi connectivity index (χ0n) is 12.9. The van der Waals surface area contributed by atoms with E-state index in [0.29, 0.717) is 0 Å². The third-order valence-electron chi connectivity index (χ3n) is 3.93. The molecule has 1 aromatic carbocycles. The average molecular weight is 332 g/mol. The van der Waals surface area contributed by atoms with Gasteiger partial charge in [0.05, 0.1) is 10.6 Å². The van der Waals surface area contributed by atoms with Crippen LogP contribution in [0, 0.1) is 15.9 Å². The van der Waals surface area contributed by atoms with Crippen molar-refractivity contribution in [2.45, 2.75) is 38.2 Å². The van der Waals surface area contributed by atoms with Crippen LogP contribution in [0.2, 0.25) is 0 Å². The molecule has 1 aromatic heterocycles. The molecule has 1 heterocycles. The molecule has 0 spiro atoms. The van der Waals surface area contributed by atoms with Gasteiger partial charge in [-0.05, 0) is 37.8 Å². The van der Waals surface area contributed by atoms with Gasteiger partial charge in [-0.2, -0.15) is 4.98 Å². The van der Waals surface area contributed by atoms with Gasteiger partial charge in [0.1, 0.15) is 18.2 Å². The van der Waals surface area contributed by atoms with E-state index in [2.05, 4.69) is 15.3 Å². The van der Waals surface area contributed by atoms with Crippen molar-refractivity contribution in [3.63, 3.8) is 0 Å². The molecule has 126 valence electrons. The van der Waals surface area contributed by atoms with Gasteiger partial charge in [-0.25, -0.2) is 9.37 Å². The number of anilines is 2. The molecule has 2 aromatic rings. The van der Waals surface area contributed by atoms with Gasteiger partial charge in [-0.15, -0.1) is 0 Å². The summed E-state index contributed by atoms with van der Waals surface area (Å²) in [6.07, 6.45) is 5.98. The van der Waals surface area contributed by atoms with Crippen LogP contribution in [0.3, 0.4) is 0 Å². The standard InChI is InChI=1S/C16H17FN4O3/c17-12-8-4-5-9-13(12)20-15-14(21(22)23)16(19-10-18-15)24-11-6-2-1-3-7-11/h4-5,8-11H,1-3,6-7H2,(H,18,19,20). The lowest BCUT2D eigenvalue weighted by Crippen LogP contribution is -2.21. The molecule has 1 aliphatic carbocycles. The third-order valence-corrected chi connectivity index (χ3v) is 3.93. The number of halogens is 1. The minimum atomic E-state index is -0.610. The van der Waals surface area contributed by atoms with Crippen LogP contribution >= 0.6 is 0 Å². The number of para-hydroxylation sites is 1. The van der Waals surface area contributed by atoms with Gasteiger partial charge >= 0.3 is 5.69 Å².